The van der Waals surface area contributed by atoms with E-state index in [0.29, 0.717) is 5.69 Å². The standard InChI is InChI=1S/C19H22N2O3S/c1-14(25-17-7-5-4-6-8-17)19(23)21(2)13-18(22)20-15-9-11-16(24-3)12-10-15/h4-12,14H,13H2,1-3H3,(H,20,22)/t14-/m1/s1. The predicted molar refractivity (Wildman–Crippen MR) is 101 cm³/mol. The number of anilines is 1. The molecule has 1 atom stereocenters. The van der Waals surface area contributed by atoms with Gasteiger partial charge >= 0.3 is 0 Å². The second-order valence-electron chi connectivity index (χ2n) is 5.54. The molecule has 0 aliphatic rings. The van der Waals surface area contributed by atoms with E-state index in [4.69, 9.17) is 4.74 Å². The van der Waals surface area contributed by atoms with Crippen LogP contribution in [-0.2, 0) is 9.59 Å². The highest BCUT2D eigenvalue weighted by molar-refractivity contribution is 8.00. The van der Waals surface area contributed by atoms with Gasteiger partial charge in [-0.3, -0.25) is 9.59 Å². The Morgan fingerprint density at radius 1 is 1.12 bits per heavy atom. The van der Waals surface area contributed by atoms with Gasteiger partial charge in [-0.2, -0.15) is 0 Å². The highest BCUT2D eigenvalue weighted by atomic mass is 32.2. The van der Waals surface area contributed by atoms with Gasteiger partial charge in [0.2, 0.25) is 11.8 Å². The van der Waals surface area contributed by atoms with Crippen molar-refractivity contribution in [3.63, 3.8) is 0 Å². The van der Waals surface area contributed by atoms with Crippen molar-refractivity contribution < 1.29 is 14.3 Å². The van der Waals surface area contributed by atoms with E-state index in [1.54, 1.807) is 38.4 Å². The number of hydrogen-bond acceptors (Lipinski definition) is 4. The van der Waals surface area contributed by atoms with Crippen LogP contribution < -0.4 is 10.1 Å². The number of nitrogens with one attached hydrogen (secondary N) is 1. The number of hydrogen-bond donors (Lipinski definition) is 1. The molecule has 0 fully saturated rings. The van der Waals surface area contributed by atoms with Crippen LogP contribution in [0.5, 0.6) is 5.75 Å². The van der Waals surface area contributed by atoms with E-state index in [2.05, 4.69) is 5.32 Å². The molecule has 0 aliphatic heterocycles. The van der Waals surface area contributed by atoms with Crippen LogP contribution in [-0.4, -0.2) is 42.7 Å². The smallest absolute Gasteiger partial charge is 0.243 e. The summed E-state index contributed by atoms with van der Waals surface area (Å²) < 4.78 is 5.08. The number of likely N-dealkylation sites (N-methyl/N-ethyl adjacent to an activating group) is 1. The molecule has 2 aromatic carbocycles. The Morgan fingerprint density at radius 2 is 1.76 bits per heavy atom. The molecule has 2 aromatic rings. The summed E-state index contributed by atoms with van der Waals surface area (Å²) in [4.78, 5) is 27.0. The van der Waals surface area contributed by atoms with Crippen molar-refractivity contribution in [2.24, 2.45) is 0 Å². The first-order valence-corrected chi connectivity index (χ1v) is 8.78. The summed E-state index contributed by atoms with van der Waals surface area (Å²) in [6, 6.07) is 16.8. The zero-order valence-electron chi connectivity index (χ0n) is 14.6. The van der Waals surface area contributed by atoms with Crippen LogP contribution in [0.4, 0.5) is 5.69 Å². The summed E-state index contributed by atoms with van der Waals surface area (Å²) in [5.74, 6) is 0.397. The second kappa shape index (κ2) is 9.13. The molecule has 0 bridgehead atoms. The van der Waals surface area contributed by atoms with Gasteiger partial charge in [0, 0.05) is 17.6 Å². The number of ether oxygens (including phenoxy) is 1. The highest BCUT2D eigenvalue weighted by Crippen LogP contribution is 2.23. The number of benzene rings is 2. The van der Waals surface area contributed by atoms with E-state index < -0.39 is 0 Å². The number of nitrogens with zero attached hydrogens (tertiary/aromatic N) is 1. The summed E-state index contributed by atoms with van der Waals surface area (Å²) in [5.41, 5.74) is 0.665. The van der Waals surface area contributed by atoms with E-state index in [1.807, 2.05) is 37.3 Å². The van der Waals surface area contributed by atoms with E-state index in [9.17, 15) is 9.59 Å². The SMILES string of the molecule is COc1ccc(NC(=O)CN(C)C(=O)[C@@H](C)Sc2ccccc2)cc1. The zero-order chi connectivity index (χ0) is 18.2. The minimum absolute atomic E-state index is 0.00452. The normalized spacial score (nSPS) is 11.5. The van der Waals surface area contributed by atoms with Crippen LogP contribution in [0.3, 0.4) is 0 Å². The Hall–Kier alpha value is -2.47. The Kier molecular flexibility index (Phi) is 6.89. The van der Waals surface area contributed by atoms with E-state index in [-0.39, 0.29) is 23.6 Å². The molecule has 0 saturated carbocycles. The van der Waals surface area contributed by atoms with Crippen LogP contribution in [0.15, 0.2) is 59.5 Å². The fourth-order valence-corrected chi connectivity index (χ4v) is 3.24. The molecule has 2 rings (SSSR count). The fourth-order valence-electron chi connectivity index (χ4n) is 2.23. The minimum Gasteiger partial charge on any atom is -0.497 e. The number of amides is 2. The van der Waals surface area contributed by atoms with E-state index in [0.717, 1.165) is 10.6 Å². The van der Waals surface area contributed by atoms with Gasteiger partial charge < -0.3 is 15.0 Å². The van der Waals surface area contributed by atoms with Crippen molar-refractivity contribution in [3.8, 4) is 5.75 Å². The van der Waals surface area contributed by atoms with Gasteiger partial charge in [0.15, 0.2) is 0 Å². The fraction of sp³-hybridized carbons (Fsp3) is 0.263. The zero-order valence-corrected chi connectivity index (χ0v) is 15.4. The lowest BCUT2D eigenvalue weighted by molar-refractivity contribution is -0.132. The molecular weight excluding hydrogens is 336 g/mol. The van der Waals surface area contributed by atoms with E-state index in [1.165, 1.54) is 16.7 Å². The molecule has 132 valence electrons. The molecule has 25 heavy (non-hydrogen) atoms. The topological polar surface area (TPSA) is 58.6 Å². The maximum atomic E-state index is 12.4. The van der Waals surface area contributed by atoms with Gasteiger partial charge in [0.05, 0.1) is 18.9 Å². The molecule has 6 heteroatoms. The average Bonchev–Trinajstić information content (AvgIpc) is 2.62. The summed E-state index contributed by atoms with van der Waals surface area (Å²) in [5, 5.41) is 2.51. The van der Waals surface area contributed by atoms with Crippen LogP contribution in [0, 0.1) is 0 Å². The van der Waals surface area contributed by atoms with Gasteiger partial charge in [-0.1, -0.05) is 18.2 Å². The van der Waals surface area contributed by atoms with Crippen molar-refractivity contribution in [1.29, 1.82) is 0 Å². The molecular formula is C19H22N2O3S. The third-order valence-corrected chi connectivity index (χ3v) is 4.63. The largest absolute Gasteiger partial charge is 0.497 e. The Bertz CT molecular complexity index is 704. The molecule has 5 nitrogen and oxygen atoms in total. The average molecular weight is 358 g/mol. The van der Waals surface area contributed by atoms with Crippen molar-refractivity contribution in [3.05, 3.63) is 54.6 Å². The van der Waals surface area contributed by atoms with E-state index >= 15 is 0 Å². The lowest BCUT2D eigenvalue weighted by atomic mass is 10.3. The summed E-state index contributed by atoms with van der Waals surface area (Å²) in [6.45, 7) is 1.85. The first-order chi connectivity index (χ1) is 12.0. The molecule has 0 aliphatic carbocycles. The first-order valence-electron chi connectivity index (χ1n) is 7.90. The van der Waals surface area contributed by atoms with Crippen molar-refractivity contribution in [2.75, 3.05) is 26.0 Å². The molecule has 0 heterocycles. The molecule has 0 aromatic heterocycles. The molecule has 0 spiro atoms. The number of carbonyl (C=O) groups is 2. The second-order valence-corrected chi connectivity index (χ2v) is 6.96. The number of thioether (sulfide) groups is 1. The molecule has 0 saturated heterocycles. The number of methoxy groups -OCH3 is 1. The van der Waals surface area contributed by atoms with Crippen molar-refractivity contribution in [2.45, 2.75) is 17.1 Å². The predicted octanol–water partition coefficient (Wildman–Crippen LogP) is 3.27. The van der Waals surface area contributed by atoms with Gasteiger partial charge in [-0.25, -0.2) is 0 Å². The van der Waals surface area contributed by atoms with Gasteiger partial charge in [0.1, 0.15) is 5.75 Å². The Balaban J connectivity index is 1.85. The highest BCUT2D eigenvalue weighted by Gasteiger charge is 2.20. The number of carbonyl (C=O) groups excluding carboxylic acids is 2. The van der Waals surface area contributed by atoms with Gasteiger partial charge in [-0.05, 0) is 43.3 Å². The molecule has 0 radical (unpaired) electrons. The van der Waals surface area contributed by atoms with Crippen molar-refractivity contribution in [1.82, 2.24) is 4.90 Å². The maximum absolute atomic E-state index is 12.4. The van der Waals surface area contributed by atoms with Crippen LogP contribution in [0.1, 0.15) is 6.92 Å². The Morgan fingerprint density at radius 3 is 2.36 bits per heavy atom. The monoisotopic (exact) mass is 358 g/mol. The third kappa shape index (κ3) is 5.83. The lowest BCUT2D eigenvalue weighted by Crippen LogP contribution is -2.38. The molecule has 1 N–H and O–H groups in total. The summed E-state index contributed by atoms with van der Waals surface area (Å²) >= 11 is 1.48. The number of rotatable bonds is 7. The van der Waals surface area contributed by atoms with Crippen molar-refractivity contribution >= 4 is 29.3 Å². The van der Waals surface area contributed by atoms with Gasteiger partial charge in [-0.15, -0.1) is 11.8 Å². The quantitative estimate of drug-likeness (QED) is 0.772. The summed E-state index contributed by atoms with van der Waals surface area (Å²) in [6.07, 6.45) is 0. The Labute approximate surface area is 152 Å². The van der Waals surface area contributed by atoms with Crippen LogP contribution in [0.2, 0.25) is 0 Å². The third-order valence-electron chi connectivity index (χ3n) is 3.53. The molecule has 0 unspecified atom stereocenters. The summed E-state index contributed by atoms with van der Waals surface area (Å²) in [7, 11) is 3.22. The minimum atomic E-state index is -0.263. The van der Waals surface area contributed by atoms with Crippen LogP contribution >= 0.6 is 11.8 Å². The van der Waals surface area contributed by atoms with Gasteiger partial charge in [0.25, 0.3) is 0 Å². The maximum Gasteiger partial charge on any atom is 0.243 e. The van der Waals surface area contributed by atoms with Crippen LogP contribution in [0.25, 0.3) is 0 Å². The first kappa shape index (κ1) is 18.9. The molecule has 2 amide bonds. The lowest BCUT2D eigenvalue weighted by Gasteiger charge is -2.20.